The average molecular weight is 355 g/mol. The number of primary amides is 1. The van der Waals surface area contributed by atoms with Crippen molar-refractivity contribution in [2.24, 2.45) is 5.73 Å². The third kappa shape index (κ3) is 3.63. The second kappa shape index (κ2) is 6.96. The fraction of sp³-hybridized carbons (Fsp3) is 0.533. The number of piperazine rings is 1. The van der Waals surface area contributed by atoms with Crippen molar-refractivity contribution < 1.29 is 22.7 Å². The Balaban J connectivity index is 1.67. The molecule has 2 aliphatic heterocycles. The van der Waals surface area contributed by atoms with Gasteiger partial charge in [0, 0.05) is 45.2 Å². The molecule has 0 spiro atoms. The topological polar surface area (TPSA) is 102 Å². The summed E-state index contributed by atoms with van der Waals surface area (Å²) in [6, 6.07) is 4.69. The van der Waals surface area contributed by atoms with E-state index in [9.17, 15) is 13.2 Å². The minimum Gasteiger partial charge on any atom is -0.486 e. The van der Waals surface area contributed by atoms with E-state index in [0.29, 0.717) is 57.4 Å². The second-order valence-electron chi connectivity index (χ2n) is 5.77. The Morgan fingerprint density at radius 3 is 2.42 bits per heavy atom. The Labute approximate surface area is 141 Å². The van der Waals surface area contributed by atoms with Crippen LogP contribution in [0.1, 0.15) is 6.42 Å². The smallest absolute Gasteiger partial charge is 0.243 e. The van der Waals surface area contributed by atoms with E-state index in [1.54, 1.807) is 12.1 Å². The summed E-state index contributed by atoms with van der Waals surface area (Å²) in [4.78, 5) is 13.1. The normalized spacial score (nSPS) is 19.2. The van der Waals surface area contributed by atoms with Gasteiger partial charge in [0.15, 0.2) is 11.5 Å². The molecule has 2 heterocycles. The molecule has 132 valence electrons. The molecule has 2 aliphatic rings. The number of carbonyl (C=O) groups is 1. The highest BCUT2D eigenvalue weighted by Crippen LogP contribution is 2.33. The van der Waals surface area contributed by atoms with Crippen LogP contribution in [0.15, 0.2) is 23.1 Å². The van der Waals surface area contributed by atoms with Crippen LogP contribution in [-0.4, -0.2) is 69.5 Å². The number of benzene rings is 1. The molecule has 1 amide bonds. The van der Waals surface area contributed by atoms with E-state index < -0.39 is 10.0 Å². The van der Waals surface area contributed by atoms with Crippen LogP contribution in [0, 0.1) is 0 Å². The van der Waals surface area contributed by atoms with E-state index in [4.69, 9.17) is 15.2 Å². The number of ether oxygens (including phenoxy) is 2. The van der Waals surface area contributed by atoms with Crippen molar-refractivity contribution in [3.05, 3.63) is 18.2 Å². The van der Waals surface area contributed by atoms with Gasteiger partial charge < -0.3 is 20.1 Å². The summed E-state index contributed by atoms with van der Waals surface area (Å²) in [6.45, 7) is 3.37. The van der Waals surface area contributed by atoms with E-state index in [1.165, 1.54) is 10.4 Å². The number of fused-ring (bicyclic) bond motifs is 1. The molecule has 24 heavy (non-hydrogen) atoms. The van der Waals surface area contributed by atoms with Crippen LogP contribution in [0.4, 0.5) is 0 Å². The highest BCUT2D eigenvalue weighted by molar-refractivity contribution is 7.89. The van der Waals surface area contributed by atoms with Crippen molar-refractivity contribution in [3.8, 4) is 11.5 Å². The Bertz CT molecular complexity index is 714. The lowest BCUT2D eigenvalue weighted by Crippen LogP contribution is -2.49. The summed E-state index contributed by atoms with van der Waals surface area (Å²) in [7, 11) is -3.57. The Hall–Kier alpha value is -1.84. The van der Waals surface area contributed by atoms with Gasteiger partial charge in [0.1, 0.15) is 13.2 Å². The van der Waals surface area contributed by atoms with E-state index >= 15 is 0 Å². The Morgan fingerprint density at radius 1 is 1.08 bits per heavy atom. The van der Waals surface area contributed by atoms with Gasteiger partial charge in [0.25, 0.3) is 0 Å². The van der Waals surface area contributed by atoms with Crippen molar-refractivity contribution in [1.82, 2.24) is 9.21 Å². The Morgan fingerprint density at radius 2 is 1.75 bits per heavy atom. The van der Waals surface area contributed by atoms with Crippen LogP contribution >= 0.6 is 0 Å². The Kier molecular flexibility index (Phi) is 4.93. The first-order valence-corrected chi connectivity index (χ1v) is 9.31. The van der Waals surface area contributed by atoms with Crippen LogP contribution in [-0.2, 0) is 14.8 Å². The predicted molar refractivity (Wildman–Crippen MR) is 86.4 cm³/mol. The van der Waals surface area contributed by atoms with Gasteiger partial charge in [-0.15, -0.1) is 0 Å². The summed E-state index contributed by atoms with van der Waals surface area (Å²) < 4.78 is 37.9. The van der Waals surface area contributed by atoms with Crippen molar-refractivity contribution >= 4 is 15.9 Å². The van der Waals surface area contributed by atoms with E-state index in [1.807, 2.05) is 4.90 Å². The molecule has 1 saturated heterocycles. The average Bonchev–Trinajstić information content (AvgIpc) is 2.60. The molecule has 0 atom stereocenters. The zero-order valence-corrected chi connectivity index (χ0v) is 14.1. The third-order valence-corrected chi connectivity index (χ3v) is 6.05. The van der Waals surface area contributed by atoms with Gasteiger partial charge in [0.2, 0.25) is 15.9 Å². The maximum atomic E-state index is 12.8. The highest BCUT2D eigenvalue weighted by Gasteiger charge is 2.29. The lowest BCUT2D eigenvalue weighted by atomic mass is 10.3. The minimum absolute atomic E-state index is 0.206. The fourth-order valence-electron chi connectivity index (χ4n) is 2.80. The first-order valence-electron chi connectivity index (χ1n) is 7.87. The zero-order chi connectivity index (χ0) is 17.2. The van der Waals surface area contributed by atoms with Gasteiger partial charge in [-0.05, 0) is 12.1 Å². The van der Waals surface area contributed by atoms with Crippen LogP contribution in [0.2, 0.25) is 0 Å². The number of carbonyl (C=O) groups excluding carboxylic acids is 1. The first-order chi connectivity index (χ1) is 11.5. The molecule has 1 aromatic rings. The highest BCUT2D eigenvalue weighted by atomic mass is 32.2. The van der Waals surface area contributed by atoms with Gasteiger partial charge in [-0.25, -0.2) is 8.42 Å². The predicted octanol–water partition coefficient (Wildman–Crippen LogP) is -0.360. The molecule has 0 aromatic heterocycles. The van der Waals surface area contributed by atoms with Crippen molar-refractivity contribution in [2.75, 3.05) is 45.9 Å². The molecule has 8 nitrogen and oxygen atoms in total. The van der Waals surface area contributed by atoms with E-state index in [0.717, 1.165) is 0 Å². The van der Waals surface area contributed by atoms with E-state index in [-0.39, 0.29) is 17.2 Å². The third-order valence-electron chi connectivity index (χ3n) is 4.16. The quantitative estimate of drug-likeness (QED) is 0.774. The van der Waals surface area contributed by atoms with E-state index in [2.05, 4.69) is 0 Å². The fourth-order valence-corrected chi connectivity index (χ4v) is 4.23. The van der Waals surface area contributed by atoms with Gasteiger partial charge in [0.05, 0.1) is 4.90 Å². The number of amides is 1. The largest absolute Gasteiger partial charge is 0.486 e. The molecule has 2 N–H and O–H groups in total. The molecule has 0 radical (unpaired) electrons. The molecule has 0 unspecified atom stereocenters. The summed E-state index contributed by atoms with van der Waals surface area (Å²) >= 11 is 0. The van der Waals surface area contributed by atoms with Crippen LogP contribution in [0.5, 0.6) is 11.5 Å². The molecule has 1 fully saturated rings. The van der Waals surface area contributed by atoms with Gasteiger partial charge in [-0.3, -0.25) is 4.79 Å². The maximum Gasteiger partial charge on any atom is 0.243 e. The van der Waals surface area contributed by atoms with Gasteiger partial charge in [-0.1, -0.05) is 0 Å². The summed E-state index contributed by atoms with van der Waals surface area (Å²) in [5.41, 5.74) is 5.14. The summed E-state index contributed by atoms with van der Waals surface area (Å²) in [5, 5.41) is 0. The zero-order valence-electron chi connectivity index (χ0n) is 13.3. The molecular weight excluding hydrogens is 334 g/mol. The molecule has 3 rings (SSSR count). The van der Waals surface area contributed by atoms with Crippen LogP contribution < -0.4 is 15.2 Å². The van der Waals surface area contributed by atoms with Crippen molar-refractivity contribution in [1.29, 1.82) is 0 Å². The lowest BCUT2D eigenvalue weighted by molar-refractivity contribution is -0.118. The van der Waals surface area contributed by atoms with Crippen LogP contribution in [0.25, 0.3) is 0 Å². The number of hydrogen-bond donors (Lipinski definition) is 1. The van der Waals surface area contributed by atoms with Gasteiger partial charge >= 0.3 is 0 Å². The van der Waals surface area contributed by atoms with Gasteiger partial charge in [-0.2, -0.15) is 4.31 Å². The lowest BCUT2D eigenvalue weighted by Gasteiger charge is -2.33. The standard InChI is InChI=1S/C15H21N3O5S/c16-15(19)3-4-17-5-7-18(8-6-17)24(20,21)12-1-2-13-14(11-12)23-10-9-22-13/h1-2,11H,3-10H2,(H2,16,19). The first kappa shape index (κ1) is 17.0. The molecule has 0 aliphatic carbocycles. The number of nitrogens with two attached hydrogens (primary N) is 1. The molecule has 0 bridgehead atoms. The van der Waals surface area contributed by atoms with Crippen molar-refractivity contribution in [3.63, 3.8) is 0 Å². The maximum absolute atomic E-state index is 12.8. The SMILES string of the molecule is NC(=O)CCN1CCN(S(=O)(=O)c2ccc3c(c2)OCCO3)CC1. The van der Waals surface area contributed by atoms with Crippen LogP contribution in [0.3, 0.4) is 0 Å². The molecule has 0 saturated carbocycles. The summed E-state index contributed by atoms with van der Waals surface area (Å²) in [6.07, 6.45) is 0.287. The number of sulfonamides is 1. The molecule has 9 heteroatoms. The minimum atomic E-state index is -3.57. The van der Waals surface area contributed by atoms with Crippen molar-refractivity contribution in [2.45, 2.75) is 11.3 Å². The molecular formula is C15H21N3O5S. The monoisotopic (exact) mass is 355 g/mol. The summed E-state index contributed by atoms with van der Waals surface area (Å²) in [5.74, 6) is 0.681. The number of rotatable bonds is 5. The second-order valence-corrected chi connectivity index (χ2v) is 7.71. The number of hydrogen-bond acceptors (Lipinski definition) is 6. The number of nitrogens with zero attached hydrogens (tertiary/aromatic N) is 2. The molecule has 1 aromatic carbocycles.